The molecule has 6 nitrogen and oxygen atoms in total. The molecule has 160 valence electrons. The SMILES string of the molecule is CC(=O)c1ccc(N2CCN(C(=O)CCc3cnoc3-c3ccc(F)cc3)CC2)cc1. The van der Waals surface area contributed by atoms with Crippen LogP contribution < -0.4 is 4.90 Å². The van der Waals surface area contributed by atoms with E-state index in [4.69, 9.17) is 4.52 Å². The van der Waals surface area contributed by atoms with E-state index in [0.717, 1.165) is 29.9 Å². The molecule has 1 aliphatic heterocycles. The normalized spacial score (nSPS) is 14.0. The maximum Gasteiger partial charge on any atom is 0.223 e. The Morgan fingerprint density at radius 1 is 1.00 bits per heavy atom. The minimum atomic E-state index is -0.311. The second-order valence-corrected chi connectivity index (χ2v) is 7.66. The van der Waals surface area contributed by atoms with Gasteiger partial charge in [0.2, 0.25) is 5.91 Å². The van der Waals surface area contributed by atoms with E-state index in [-0.39, 0.29) is 17.5 Å². The van der Waals surface area contributed by atoms with Gasteiger partial charge in [-0.1, -0.05) is 5.16 Å². The number of nitrogens with zero attached hydrogens (tertiary/aromatic N) is 3. The Morgan fingerprint density at radius 3 is 2.32 bits per heavy atom. The summed E-state index contributed by atoms with van der Waals surface area (Å²) in [7, 11) is 0. The number of hydrogen-bond acceptors (Lipinski definition) is 5. The van der Waals surface area contributed by atoms with Crippen molar-refractivity contribution in [3.8, 4) is 11.3 Å². The molecular weight excluding hydrogens is 397 g/mol. The summed E-state index contributed by atoms with van der Waals surface area (Å²) < 4.78 is 18.5. The van der Waals surface area contributed by atoms with Crippen LogP contribution in [0.1, 0.15) is 29.3 Å². The lowest BCUT2D eigenvalue weighted by molar-refractivity contribution is -0.131. The van der Waals surface area contributed by atoms with Crippen LogP contribution in [0, 0.1) is 5.82 Å². The Labute approximate surface area is 180 Å². The van der Waals surface area contributed by atoms with Crippen molar-refractivity contribution >= 4 is 17.4 Å². The molecule has 2 heterocycles. The molecule has 0 unspecified atom stereocenters. The zero-order valence-corrected chi connectivity index (χ0v) is 17.4. The predicted molar refractivity (Wildman–Crippen MR) is 115 cm³/mol. The largest absolute Gasteiger partial charge is 0.368 e. The monoisotopic (exact) mass is 421 g/mol. The van der Waals surface area contributed by atoms with Crippen molar-refractivity contribution in [2.45, 2.75) is 19.8 Å². The number of amides is 1. The first-order valence-electron chi connectivity index (χ1n) is 10.3. The van der Waals surface area contributed by atoms with E-state index in [1.165, 1.54) is 12.1 Å². The summed E-state index contributed by atoms with van der Waals surface area (Å²) in [6.45, 7) is 4.36. The topological polar surface area (TPSA) is 66.7 Å². The van der Waals surface area contributed by atoms with Gasteiger partial charge in [-0.15, -0.1) is 0 Å². The average molecular weight is 421 g/mol. The standard InChI is InChI=1S/C24H24FN3O3/c1-17(29)18-4-9-22(10-5-18)27-12-14-28(15-13-27)23(30)11-6-20-16-26-31-24(20)19-2-7-21(25)8-3-19/h2-5,7-10,16H,6,11-15H2,1H3. The van der Waals surface area contributed by atoms with Crippen LogP contribution >= 0.6 is 0 Å². The van der Waals surface area contributed by atoms with Crippen molar-refractivity contribution in [3.63, 3.8) is 0 Å². The number of piperazine rings is 1. The zero-order chi connectivity index (χ0) is 21.8. The molecule has 0 bridgehead atoms. The van der Waals surface area contributed by atoms with Gasteiger partial charge in [-0.2, -0.15) is 0 Å². The van der Waals surface area contributed by atoms with E-state index < -0.39 is 0 Å². The number of carbonyl (C=O) groups excluding carboxylic acids is 2. The van der Waals surface area contributed by atoms with Crippen molar-refractivity contribution in [3.05, 3.63) is 71.7 Å². The summed E-state index contributed by atoms with van der Waals surface area (Å²) in [4.78, 5) is 28.3. The first-order chi connectivity index (χ1) is 15.0. The summed E-state index contributed by atoms with van der Waals surface area (Å²) in [6.07, 6.45) is 2.50. The molecule has 0 radical (unpaired) electrons. The number of halogens is 1. The minimum absolute atomic E-state index is 0.0531. The molecule has 7 heteroatoms. The Kier molecular flexibility index (Phi) is 6.11. The summed E-state index contributed by atoms with van der Waals surface area (Å²) in [5, 5.41) is 3.85. The van der Waals surface area contributed by atoms with Gasteiger partial charge in [-0.25, -0.2) is 4.39 Å². The van der Waals surface area contributed by atoms with Crippen LogP contribution in [-0.4, -0.2) is 47.9 Å². The van der Waals surface area contributed by atoms with Crippen molar-refractivity contribution in [1.29, 1.82) is 0 Å². The summed E-state index contributed by atoms with van der Waals surface area (Å²) in [5.74, 6) is 0.413. The first-order valence-corrected chi connectivity index (χ1v) is 10.3. The fraction of sp³-hybridized carbons (Fsp3) is 0.292. The zero-order valence-electron chi connectivity index (χ0n) is 17.4. The van der Waals surface area contributed by atoms with Gasteiger partial charge in [-0.3, -0.25) is 9.59 Å². The molecular formula is C24H24FN3O3. The van der Waals surface area contributed by atoms with E-state index in [9.17, 15) is 14.0 Å². The number of benzene rings is 2. The Morgan fingerprint density at radius 2 is 1.68 bits per heavy atom. The first kappa shape index (κ1) is 20.8. The highest BCUT2D eigenvalue weighted by Crippen LogP contribution is 2.25. The van der Waals surface area contributed by atoms with Gasteiger partial charge in [0.1, 0.15) is 5.82 Å². The fourth-order valence-corrected chi connectivity index (χ4v) is 3.80. The third kappa shape index (κ3) is 4.82. The van der Waals surface area contributed by atoms with Crippen LogP contribution in [-0.2, 0) is 11.2 Å². The Balaban J connectivity index is 1.30. The van der Waals surface area contributed by atoms with E-state index in [1.807, 2.05) is 29.2 Å². The van der Waals surface area contributed by atoms with Crippen LogP contribution in [0.3, 0.4) is 0 Å². The van der Waals surface area contributed by atoms with Gasteiger partial charge in [0, 0.05) is 55.0 Å². The molecule has 1 fully saturated rings. The molecule has 1 amide bonds. The molecule has 0 N–H and O–H groups in total. The molecule has 2 aromatic carbocycles. The number of aryl methyl sites for hydroxylation is 1. The molecule has 31 heavy (non-hydrogen) atoms. The maximum atomic E-state index is 13.2. The summed E-state index contributed by atoms with van der Waals surface area (Å²) in [6, 6.07) is 13.6. The number of anilines is 1. The third-order valence-corrected chi connectivity index (χ3v) is 5.63. The van der Waals surface area contributed by atoms with Crippen LogP contribution in [0.2, 0.25) is 0 Å². The predicted octanol–water partition coefficient (Wildman–Crippen LogP) is 3.96. The minimum Gasteiger partial charge on any atom is -0.368 e. The summed E-state index contributed by atoms with van der Waals surface area (Å²) in [5.41, 5.74) is 3.34. The molecule has 0 saturated carbocycles. The maximum absolute atomic E-state index is 13.2. The summed E-state index contributed by atoms with van der Waals surface area (Å²) >= 11 is 0. The fourth-order valence-electron chi connectivity index (χ4n) is 3.80. The van der Waals surface area contributed by atoms with Gasteiger partial charge < -0.3 is 14.3 Å². The van der Waals surface area contributed by atoms with E-state index >= 15 is 0 Å². The van der Waals surface area contributed by atoms with E-state index in [0.29, 0.717) is 37.3 Å². The van der Waals surface area contributed by atoms with Crippen LogP contribution in [0.4, 0.5) is 10.1 Å². The number of ketones is 1. The van der Waals surface area contributed by atoms with Gasteiger partial charge in [-0.05, 0) is 61.9 Å². The second-order valence-electron chi connectivity index (χ2n) is 7.66. The molecule has 4 rings (SSSR count). The number of aromatic nitrogens is 1. The number of carbonyl (C=O) groups is 2. The number of hydrogen-bond donors (Lipinski definition) is 0. The van der Waals surface area contributed by atoms with Crippen LogP contribution in [0.25, 0.3) is 11.3 Å². The molecule has 0 aliphatic carbocycles. The van der Waals surface area contributed by atoms with Gasteiger partial charge in [0.15, 0.2) is 11.5 Å². The van der Waals surface area contributed by atoms with E-state index in [2.05, 4.69) is 10.1 Å². The van der Waals surface area contributed by atoms with Crippen molar-refractivity contribution < 1.29 is 18.5 Å². The average Bonchev–Trinajstić information content (AvgIpc) is 3.27. The molecule has 0 spiro atoms. The van der Waals surface area contributed by atoms with Crippen LogP contribution in [0.5, 0.6) is 0 Å². The molecule has 0 atom stereocenters. The second kappa shape index (κ2) is 9.12. The number of Topliss-reactive ketones (excluding diaryl/α,β-unsaturated/α-hetero) is 1. The van der Waals surface area contributed by atoms with Gasteiger partial charge >= 0.3 is 0 Å². The highest BCUT2D eigenvalue weighted by Gasteiger charge is 2.22. The Hall–Kier alpha value is -3.48. The lowest BCUT2D eigenvalue weighted by atomic mass is 10.0. The van der Waals surface area contributed by atoms with Crippen LogP contribution in [0.15, 0.2) is 59.3 Å². The molecule has 1 aromatic heterocycles. The highest BCUT2D eigenvalue weighted by atomic mass is 19.1. The van der Waals surface area contributed by atoms with E-state index in [1.54, 1.807) is 25.3 Å². The lowest BCUT2D eigenvalue weighted by Gasteiger charge is -2.36. The molecule has 1 aliphatic rings. The van der Waals surface area contributed by atoms with Gasteiger partial charge in [0.05, 0.1) is 6.20 Å². The molecule has 3 aromatic rings. The smallest absolute Gasteiger partial charge is 0.223 e. The highest BCUT2D eigenvalue weighted by molar-refractivity contribution is 5.94. The lowest BCUT2D eigenvalue weighted by Crippen LogP contribution is -2.48. The van der Waals surface area contributed by atoms with Crippen molar-refractivity contribution in [2.24, 2.45) is 0 Å². The molecule has 1 saturated heterocycles. The Bertz CT molecular complexity index is 1050. The quantitative estimate of drug-likeness (QED) is 0.564. The number of rotatable bonds is 6. The van der Waals surface area contributed by atoms with Crippen molar-refractivity contribution in [2.75, 3.05) is 31.1 Å². The third-order valence-electron chi connectivity index (χ3n) is 5.63. The van der Waals surface area contributed by atoms with Crippen molar-refractivity contribution in [1.82, 2.24) is 10.1 Å². The van der Waals surface area contributed by atoms with Gasteiger partial charge in [0.25, 0.3) is 0 Å².